The van der Waals surface area contributed by atoms with Gasteiger partial charge in [-0.2, -0.15) is 0 Å². The highest BCUT2D eigenvalue weighted by atomic mass is 16.6. The van der Waals surface area contributed by atoms with E-state index in [0.717, 1.165) is 161 Å². The summed E-state index contributed by atoms with van der Waals surface area (Å²) in [5, 5.41) is 0. The largest absolute Gasteiger partial charge is 0.462 e. The maximum atomic E-state index is 12.8. The Morgan fingerprint density at radius 2 is 0.629 bits per heavy atom. The highest BCUT2D eigenvalue weighted by Crippen LogP contribution is 2.13. The lowest BCUT2D eigenvalue weighted by Crippen LogP contribution is -2.30. The molecule has 0 bridgehead atoms. The number of hydrogen-bond acceptors (Lipinski definition) is 6. The average molecular weight is 861 g/mol. The van der Waals surface area contributed by atoms with E-state index in [4.69, 9.17) is 14.2 Å². The molecule has 0 spiro atoms. The van der Waals surface area contributed by atoms with Crippen molar-refractivity contribution in [3.63, 3.8) is 0 Å². The van der Waals surface area contributed by atoms with Crippen LogP contribution in [0.25, 0.3) is 0 Å². The van der Waals surface area contributed by atoms with Gasteiger partial charge >= 0.3 is 17.9 Å². The van der Waals surface area contributed by atoms with Gasteiger partial charge in [0.15, 0.2) is 6.10 Å². The number of carbonyl (C=O) groups is 3. The minimum absolute atomic E-state index is 0.0990. The molecule has 0 heterocycles. The summed E-state index contributed by atoms with van der Waals surface area (Å²) in [6, 6.07) is 0. The van der Waals surface area contributed by atoms with E-state index >= 15 is 0 Å². The molecule has 62 heavy (non-hydrogen) atoms. The van der Waals surface area contributed by atoms with Gasteiger partial charge in [-0.05, 0) is 109 Å². The first-order valence-corrected chi connectivity index (χ1v) is 25.2. The van der Waals surface area contributed by atoms with Gasteiger partial charge in [-0.15, -0.1) is 0 Å². The lowest BCUT2D eigenvalue weighted by molar-refractivity contribution is -0.167. The predicted molar refractivity (Wildman–Crippen MR) is 265 cm³/mol. The molecule has 0 aliphatic carbocycles. The van der Waals surface area contributed by atoms with Gasteiger partial charge in [0.2, 0.25) is 0 Å². The number of hydrogen-bond donors (Lipinski definition) is 0. The van der Waals surface area contributed by atoms with Crippen LogP contribution in [0.2, 0.25) is 0 Å². The fraction of sp³-hybridized carbons (Fsp3) is 0.661. The molecule has 0 rings (SSSR count). The SMILES string of the molecule is CC/C=C\C/C=C\C/C=C\CCCCCCCC(=O)OCC(COC(=O)CCCCCCC/C=C\C/C=C\CCCC)OC(=O)CCCCCCC/C=C\C/C=C\C/C=C\CC. The van der Waals surface area contributed by atoms with E-state index in [9.17, 15) is 14.4 Å². The van der Waals surface area contributed by atoms with Crippen molar-refractivity contribution in [2.45, 2.75) is 226 Å². The van der Waals surface area contributed by atoms with Gasteiger partial charge in [-0.25, -0.2) is 0 Å². The van der Waals surface area contributed by atoms with Crippen molar-refractivity contribution in [1.29, 1.82) is 0 Å². The molecule has 0 aromatic heterocycles. The Kier molecular flexibility index (Phi) is 47.0. The maximum absolute atomic E-state index is 12.8. The van der Waals surface area contributed by atoms with Crippen molar-refractivity contribution < 1.29 is 28.6 Å². The molecule has 0 saturated heterocycles. The third-order valence-electron chi connectivity index (χ3n) is 10.3. The van der Waals surface area contributed by atoms with Crippen molar-refractivity contribution in [2.24, 2.45) is 0 Å². The van der Waals surface area contributed by atoms with Gasteiger partial charge in [0.05, 0.1) is 0 Å². The molecular formula is C56H92O6. The lowest BCUT2D eigenvalue weighted by atomic mass is 10.1. The fourth-order valence-electron chi connectivity index (χ4n) is 6.54. The standard InChI is InChI=1S/C56H92O6/c1-4-7-10-13-16-19-22-25-28-31-34-37-40-43-46-49-55(58)61-52-53(51-60-54(57)48-45-42-39-36-33-30-27-24-21-18-15-12-9-6-3)62-56(59)50-47-44-41-38-35-32-29-26-23-20-17-14-11-8-5-2/h7-8,10-11,15-20,24-29,53H,4-6,9,12-14,21-23,30-52H2,1-3H3/b10-7-,11-8-,18-15-,19-16-,20-17-,27-24-,28-25-,29-26-. The molecule has 0 aliphatic rings. The molecule has 6 nitrogen and oxygen atoms in total. The van der Waals surface area contributed by atoms with Gasteiger partial charge in [0.1, 0.15) is 13.2 Å². The summed E-state index contributed by atoms with van der Waals surface area (Å²) in [5.74, 6) is -0.951. The van der Waals surface area contributed by atoms with Crippen LogP contribution >= 0.6 is 0 Å². The molecule has 0 amide bonds. The quantitative estimate of drug-likeness (QED) is 0.0263. The number of allylic oxidation sites excluding steroid dienone is 16. The van der Waals surface area contributed by atoms with Gasteiger partial charge in [-0.1, -0.05) is 189 Å². The monoisotopic (exact) mass is 861 g/mol. The van der Waals surface area contributed by atoms with Crippen LogP contribution < -0.4 is 0 Å². The second kappa shape index (κ2) is 50.0. The van der Waals surface area contributed by atoms with Gasteiger partial charge in [0, 0.05) is 19.3 Å². The molecule has 1 atom stereocenters. The Morgan fingerprint density at radius 3 is 0.984 bits per heavy atom. The van der Waals surface area contributed by atoms with Crippen molar-refractivity contribution in [3.05, 3.63) is 97.2 Å². The Morgan fingerprint density at radius 1 is 0.339 bits per heavy atom. The van der Waals surface area contributed by atoms with Gasteiger partial charge < -0.3 is 14.2 Å². The van der Waals surface area contributed by atoms with Crippen molar-refractivity contribution in [1.82, 2.24) is 0 Å². The predicted octanol–water partition coefficient (Wildman–Crippen LogP) is 16.6. The molecule has 6 heteroatoms. The number of esters is 3. The van der Waals surface area contributed by atoms with Gasteiger partial charge in [-0.3, -0.25) is 14.4 Å². The first kappa shape index (κ1) is 58.3. The number of unbranched alkanes of at least 4 members (excludes halogenated alkanes) is 17. The number of rotatable bonds is 44. The lowest BCUT2D eigenvalue weighted by Gasteiger charge is -2.18. The van der Waals surface area contributed by atoms with Crippen molar-refractivity contribution >= 4 is 17.9 Å². The van der Waals surface area contributed by atoms with E-state index in [1.807, 2.05) is 0 Å². The van der Waals surface area contributed by atoms with Crippen LogP contribution in [0.3, 0.4) is 0 Å². The normalized spacial score (nSPS) is 12.9. The van der Waals surface area contributed by atoms with E-state index in [1.165, 1.54) is 19.3 Å². The van der Waals surface area contributed by atoms with E-state index in [1.54, 1.807) is 0 Å². The summed E-state index contributed by atoms with van der Waals surface area (Å²) < 4.78 is 16.8. The Hall–Kier alpha value is -3.67. The van der Waals surface area contributed by atoms with Crippen LogP contribution in [0.4, 0.5) is 0 Å². The first-order valence-electron chi connectivity index (χ1n) is 25.2. The van der Waals surface area contributed by atoms with Crippen LogP contribution in [-0.4, -0.2) is 37.2 Å². The van der Waals surface area contributed by atoms with E-state index in [2.05, 4.69) is 118 Å². The molecule has 0 radical (unpaired) electrons. The molecular weight excluding hydrogens is 769 g/mol. The van der Waals surface area contributed by atoms with Crippen LogP contribution in [0.1, 0.15) is 220 Å². The summed E-state index contributed by atoms with van der Waals surface area (Å²) in [5.41, 5.74) is 0. The third kappa shape index (κ3) is 47.4. The van der Waals surface area contributed by atoms with E-state index in [0.29, 0.717) is 19.3 Å². The molecule has 0 aliphatic heterocycles. The van der Waals surface area contributed by atoms with Crippen molar-refractivity contribution in [3.8, 4) is 0 Å². The minimum Gasteiger partial charge on any atom is -0.462 e. The second-order valence-corrected chi connectivity index (χ2v) is 16.3. The summed E-state index contributed by atoms with van der Waals surface area (Å²) in [6.45, 7) is 6.32. The zero-order chi connectivity index (χ0) is 45.1. The average Bonchev–Trinajstić information content (AvgIpc) is 3.27. The van der Waals surface area contributed by atoms with Crippen LogP contribution in [-0.2, 0) is 28.6 Å². The Bertz CT molecular complexity index is 1260. The van der Waals surface area contributed by atoms with Crippen molar-refractivity contribution in [2.75, 3.05) is 13.2 Å². The molecule has 0 aromatic rings. The van der Waals surface area contributed by atoms with E-state index in [-0.39, 0.29) is 31.1 Å². The third-order valence-corrected chi connectivity index (χ3v) is 10.3. The Balaban J connectivity index is 4.48. The zero-order valence-electron chi connectivity index (χ0n) is 40.1. The highest BCUT2D eigenvalue weighted by Gasteiger charge is 2.19. The molecule has 1 unspecified atom stereocenters. The fourth-order valence-corrected chi connectivity index (χ4v) is 6.54. The maximum Gasteiger partial charge on any atom is 0.306 e. The van der Waals surface area contributed by atoms with E-state index < -0.39 is 6.10 Å². The molecule has 0 saturated carbocycles. The highest BCUT2D eigenvalue weighted by molar-refractivity contribution is 5.71. The zero-order valence-corrected chi connectivity index (χ0v) is 40.1. The molecule has 0 N–H and O–H groups in total. The summed E-state index contributed by atoms with van der Waals surface area (Å²) in [6.07, 6.45) is 65.3. The Labute approximate surface area is 381 Å². The smallest absolute Gasteiger partial charge is 0.306 e. The van der Waals surface area contributed by atoms with Crippen LogP contribution in [0.15, 0.2) is 97.2 Å². The number of ether oxygens (including phenoxy) is 3. The summed E-state index contributed by atoms with van der Waals surface area (Å²) in [4.78, 5) is 38.0. The second-order valence-electron chi connectivity index (χ2n) is 16.3. The topological polar surface area (TPSA) is 78.9 Å². The molecule has 352 valence electrons. The first-order chi connectivity index (χ1) is 30.5. The van der Waals surface area contributed by atoms with Gasteiger partial charge in [0.25, 0.3) is 0 Å². The summed E-state index contributed by atoms with van der Waals surface area (Å²) in [7, 11) is 0. The van der Waals surface area contributed by atoms with Crippen LogP contribution in [0, 0.1) is 0 Å². The molecule has 0 fully saturated rings. The molecule has 0 aromatic carbocycles. The number of carbonyl (C=O) groups excluding carboxylic acids is 3. The summed E-state index contributed by atoms with van der Waals surface area (Å²) >= 11 is 0. The van der Waals surface area contributed by atoms with Crippen LogP contribution in [0.5, 0.6) is 0 Å². The minimum atomic E-state index is -0.800.